The Hall–Kier alpha value is -3.28. The fourth-order valence-corrected chi connectivity index (χ4v) is 4.42. The zero-order chi connectivity index (χ0) is 28.2. The molecule has 0 radical (unpaired) electrons. The molecule has 1 fully saturated rings. The van der Waals surface area contributed by atoms with Gasteiger partial charge in [0.15, 0.2) is 0 Å². The summed E-state index contributed by atoms with van der Waals surface area (Å²) in [5.74, 6) is -5.02. The highest BCUT2D eigenvalue weighted by Crippen LogP contribution is 2.48. The standard InChI is InChI=1S/C26H29F5N4O3/c1-6-38-20-19-16(12-35(22(20)36)25(10-11-25)23(28)29)21(34-14(3)33-19)32-13(2)15-8-7-9-17(18(15)27)26(30,31)24(4,5)37/h7-9,12-13,23,37H,6,10-11H2,1-5H3,(H,32,33,34)/t13-/m1/s1. The molecule has 1 saturated carbocycles. The molecule has 38 heavy (non-hydrogen) atoms. The first-order chi connectivity index (χ1) is 17.7. The summed E-state index contributed by atoms with van der Waals surface area (Å²) in [5, 5.41) is 13.1. The second-order valence-corrected chi connectivity index (χ2v) is 10.1. The second-order valence-electron chi connectivity index (χ2n) is 10.1. The van der Waals surface area contributed by atoms with Gasteiger partial charge in [0.1, 0.15) is 34.1 Å². The van der Waals surface area contributed by atoms with Crippen LogP contribution >= 0.6 is 0 Å². The number of aromatic nitrogens is 3. The van der Waals surface area contributed by atoms with Crippen LogP contribution < -0.4 is 15.6 Å². The van der Waals surface area contributed by atoms with E-state index in [1.54, 1.807) is 13.8 Å². The third kappa shape index (κ3) is 4.48. The normalized spacial score (nSPS) is 16.1. The Labute approximate surface area is 215 Å². The van der Waals surface area contributed by atoms with E-state index in [1.807, 2.05) is 0 Å². The highest BCUT2D eigenvalue weighted by Gasteiger charge is 2.54. The first-order valence-electron chi connectivity index (χ1n) is 12.2. The molecule has 2 aromatic heterocycles. The topological polar surface area (TPSA) is 89.3 Å². The predicted molar refractivity (Wildman–Crippen MR) is 132 cm³/mol. The number of ether oxygens (including phenoxy) is 1. The Kier molecular flexibility index (Phi) is 6.92. The van der Waals surface area contributed by atoms with Crippen LogP contribution in [0.25, 0.3) is 10.9 Å². The number of aliphatic hydroxyl groups is 1. The van der Waals surface area contributed by atoms with Crippen LogP contribution in [0.2, 0.25) is 0 Å². The molecule has 2 heterocycles. The lowest BCUT2D eigenvalue weighted by Gasteiger charge is -2.30. The van der Waals surface area contributed by atoms with Gasteiger partial charge in [0.2, 0.25) is 5.75 Å². The van der Waals surface area contributed by atoms with Crippen molar-refractivity contribution in [2.24, 2.45) is 0 Å². The summed E-state index contributed by atoms with van der Waals surface area (Å²) in [5.41, 5.74) is -5.97. The van der Waals surface area contributed by atoms with E-state index in [0.29, 0.717) is 0 Å². The van der Waals surface area contributed by atoms with Gasteiger partial charge in [0.25, 0.3) is 12.0 Å². The van der Waals surface area contributed by atoms with Crippen LogP contribution in [-0.4, -0.2) is 38.3 Å². The van der Waals surface area contributed by atoms with E-state index >= 15 is 4.39 Å². The molecule has 0 spiro atoms. The second kappa shape index (κ2) is 9.48. The highest BCUT2D eigenvalue weighted by molar-refractivity contribution is 5.92. The van der Waals surface area contributed by atoms with Crippen LogP contribution in [-0.2, 0) is 11.5 Å². The molecule has 4 rings (SSSR count). The van der Waals surface area contributed by atoms with Crippen LogP contribution in [0, 0.1) is 12.7 Å². The minimum atomic E-state index is -3.89. The third-order valence-electron chi connectivity index (χ3n) is 6.84. The van der Waals surface area contributed by atoms with Gasteiger partial charge in [0.05, 0.1) is 23.6 Å². The van der Waals surface area contributed by atoms with E-state index in [2.05, 4.69) is 15.3 Å². The number of aryl methyl sites for hydroxylation is 1. The SMILES string of the molecule is CCOc1c(=O)n(C2(C(F)F)CC2)cc2c(N[C@H](C)c3cccc(C(F)(F)C(C)(C)O)c3F)nc(C)nc12. The molecule has 1 aromatic carbocycles. The van der Waals surface area contributed by atoms with Gasteiger partial charge in [-0.3, -0.25) is 9.36 Å². The largest absolute Gasteiger partial charge is 0.487 e. The lowest BCUT2D eigenvalue weighted by atomic mass is 9.91. The number of hydrogen-bond acceptors (Lipinski definition) is 6. The summed E-state index contributed by atoms with van der Waals surface area (Å²) in [7, 11) is 0. The van der Waals surface area contributed by atoms with Crippen molar-refractivity contribution >= 4 is 16.7 Å². The Balaban J connectivity index is 1.86. The van der Waals surface area contributed by atoms with Gasteiger partial charge in [-0.05, 0) is 53.5 Å². The summed E-state index contributed by atoms with van der Waals surface area (Å²) in [6.45, 7) is 6.54. The van der Waals surface area contributed by atoms with E-state index in [1.165, 1.54) is 25.3 Å². The molecule has 1 atom stereocenters. The number of benzene rings is 1. The molecular weight excluding hydrogens is 511 g/mol. The average molecular weight is 541 g/mol. The van der Waals surface area contributed by atoms with Gasteiger partial charge < -0.3 is 15.2 Å². The molecule has 7 nitrogen and oxygen atoms in total. The van der Waals surface area contributed by atoms with Gasteiger partial charge in [-0.2, -0.15) is 8.78 Å². The number of pyridine rings is 1. The van der Waals surface area contributed by atoms with Crippen molar-refractivity contribution < 1.29 is 31.8 Å². The first-order valence-corrected chi connectivity index (χ1v) is 12.2. The Morgan fingerprint density at radius 1 is 1.24 bits per heavy atom. The highest BCUT2D eigenvalue weighted by atomic mass is 19.3. The lowest BCUT2D eigenvalue weighted by Crippen LogP contribution is -2.41. The van der Waals surface area contributed by atoms with E-state index < -0.39 is 46.5 Å². The van der Waals surface area contributed by atoms with Crippen molar-refractivity contribution in [1.29, 1.82) is 0 Å². The van der Waals surface area contributed by atoms with E-state index in [-0.39, 0.29) is 53.3 Å². The van der Waals surface area contributed by atoms with Crippen molar-refractivity contribution in [2.45, 2.75) is 77.0 Å². The zero-order valence-electron chi connectivity index (χ0n) is 21.6. The number of alkyl halides is 4. The van der Waals surface area contributed by atoms with Crippen LogP contribution in [0.15, 0.2) is 29.2 Å². The molecule has 0 amide bonds. The van der Waals surface area contributed by atoms with Crippen molar-refractivity contribution in [3.05, 3.63) is 57.5 Å². The molecule has 0 saturated heterocycles. The fourth-order valence-electron chi connectivity index (χ4n) is 4.42. The van der Waals surface area contributed by atoms with Gasteiger partial charge >= 0.3 is 5.92 Å². The van der Waals surface area contributed by atoms with Crippen molar-refractivity contribution in [3.63, 3.8) is 0 Å². The molecule has 12 heteroatoms. The number of rotatable bonds is 9. The molecule has 0 aliphatic heterocycles. The maximum atomic E-state index is 15.4. The molecule has 1 aliphatic carbocycles. The van der Waals surface area contributed by atoms with Gasteiger partial charge in [-0.25, -0.2) is 23.1 Å². The number of nitrogens with zero attached hydrogens (tertiary/aromatic N) is 3. The van der Waals surface area contributed by atoms with Gasteiger partial charge in [-0.15, -0.1) is 0 Å². The lowest BCUT2D eigenvalue weighted by molar-refractivity contribution is -0.170. The van der Waals surface area contributed by atoms with Crippen LogP contribution in [0.4, 0.5) is 27.8 Å². The molecule has 1 aliphatic rings. The third-order valence-corrected chi connectivity index (χ3v) is 6.84. The maximum Gasteiger partial charge on any atom is 0.303 e. The monoisotopic (exact) mass is 540 g/mol. The first kappa shape index (κ1) is 27.7. The van der Waals surface area contributed by atoms with Crippen LogP contribution in [0.3, 0.4) is 0 Å². The Bertz CT molecular complexity index is 1430. The summed E-state index contributed by atoms with van der Waals surface area (Å²) >= 11 is 0. The Morgan fingerprint density at radius 2 is 1.89 bits per heavy atom. The van der Waals surface area contributed by atoms with Crippen molar-refractivity contribution in [2.75, 3.05) is 11.9 Å². The average Bonchev–Trinajstić information content (AvgIpc) is 3.62. The summed E-state index contributed by atoms with van der Waals surface area (Å²) in [4.78, 5) is 21.8. The van der Waals surface area contributed by atoms with Crippen molar-refractivity contribution in [3.8, 4) is 5.75 Å². The molecule has 0 bridgehead atoms. The number of hydrogen-bond donors (Lipinski definition) is 2. The smallest absolute Gasteiger partial charge is 0.303 e. The minimum absolute atomic E-state index is 0.0751. The fraction of sp³-hybridized carbons (Fsp3) is 0.500. The van der Waals surface area contributed by atoms with Crippen molar-refractivity contribution in [1.82, 2.24) is 14.5 Å². The van der Waals surface area contributed by atoms with E-state index in [0.717, 1.165) is 24.5 Å². The maximum absolute atomic E-state index is 15.4. The summed E-state index contributed by atoms with van der Waals surface area (Å²) in [6.07, 6.45) is -1.37. The summed E-state index contributed by atoms with van der Waals surface area (Å²) < 4.78 is 79.3. The predicted octanol–water partition coefficient (Wildman–Crippen LogP) is 5.43. The van der Waals surface area contributed by atoms with Crippen LogP contribution in [0.5, 0.6) is 5.75 Å². The molecule has 206 valence electrons. The van der Waals surface area contributed by atoms with E-state index in [9.17, 15) is 27.5 Å². The quantitative estimate of drug-likeness (QED) is 0.352. The molecule has 2 N–H and O–H groups in total. The number of fused-ring (bicyclic) bond motifs is 1. The van der Waals surface area contributed by atoms with Crippen LogP contribution in [0.1, 0.15) is 63.5 Å². The number of halogens is 5. The minimum Gasteiger partial charge on any atom is -0.487 e. The number of nitrogens with one attached hydrogen (secondary N) is 1. The van der Waals surface area contributed by atoms with Gasteiger partial charge in [0, 0.05) is 11.8 Å². The number of anilines is 1. The van der Waals surface area contributed by atoms with E-state index in [4.69, 9.17) is 4.74 Å². The molecular formula is C26H29F5N4O3. The Morgan fingerprint density at radius 3 is 2.45 bits per heavy atom. The summed E-state index contributed by atoms with van der Waals surface area (Å²) in [6, 6.07) is 2.52. The molecule has 3 aromatic rings. The van der Waals surface area contributed by atoms with Gasteiger partial charge in [-0.1, -0.05) is 12.1 Å². The molecule has 0 unspecified atom stereocenters. The zero-order valence-corrected chi connectivity index (χ0v) is 21.6.